The molecule has 0 spiro atoms. The van der Waals surface area contributed by atoms with E-state index >= 15 is 0 Å². The van der Waals surface area contributed by atoms with Crippen LogP contribution in [0.25, 0.3) is 21.9 Å². The second-order valence-corrected chi connectivity index (χ2v) is 6.66. The molecule has 4 rings (SSSR count). The molecule has 0 saturated heterocycles. The molecule has 0 aliphatic heterocycles. The fourth-order valence-electron chi connectivity index (χ4n) is 3.28. The van der Waals surface area contributed by atoms with Gasteiger partial charge in [0.15, 0.2) is 5.82 Å². The lowest BCUT2D eigenvalue weighted by molar-refractivity contribution is 0.0952. The Labute approximate surface area is 167 Å². The molecule has 0 radical (unpaired) electrons. The molecule has 4 aromatic rings. The van der Waals surface area contributed by atoms with Crippen molar-refractivity contribution in [1.82, 2.24) is 24.8 Å². The molecule has 0 aliphatic carbocycles. The number of aromatic nitrogens is 4. The van der Waals surface area contributed by atoms with E-state index in [0.717, 1.165) is 35.8 Å². The Hall–Kier alpha value is -3.99. The molecule has 0 fully saturated rings. The number of para-hydroxylation sites is 1. The minimum absolute atomic E-state index is 0.195. The van der Waals surface area contributed by atoms with Crippen LogP contribution in [0.5, 0.6) is 0 Å². The summed E-state index contributed by atoms with van der Waals surface area (Å²) in [6, 6.07) is 12.9. The summed E-state index contributed by atoms with van der Waals surface area (Å²) < 4.78 is 2.09. The van der Waals surface area contributed by atoms with E-state index in [9.17, 15) is 4.79 Å². The van der Waals surface area contributed by atoms with E-state index in [1.165, 1.54) is 12.3 Å². The molecule has 3 aromatic heterocycles. The Morgan fingerprint density at radius 3 is 2.83 bits per heavy atom. The van der Waals surface area contributed by atoms with E-state index in [1.807, 2.05) is 30.3 Å². The second-order valence-electron chi connectivity index (χ2n) is 6.66. The van der Waals surface area contributed by atoms with Crippen LogP contribution in [-0.4, -0.2) is 32.0 Å². The van der Waals surface area contributed by atoms with E-state index in [4.69, 9.17) is 11.0 Å². The van der Waals surface area contributed by atoms with Crippen LogP contribution in [0.3, 0.4) is 0 Å². The molecule has 0 atom stereocenters. The maximum atomic E-state index is 12.1. The van der Waals surface area contributed by atoms with Gasteiger partial charge in [-0.3, -0.25) is 4.79 Å². The van der Waals surface area contributed by atoms with Gasteiger partial charge < -0.3 is 15.6 Å². The Balaban J connectivity index is 1.37. The van der Waals surface area contributed by atoms with Crippen LogP contribution in [0.1, 0.15) is 28.9 Å². The number of carbonyl (C=O) groups is 1. The van der Waals surface area contributed by atoms with Crippen LogP contribution in [-0.2, 0) is 6.54 Å². The van der Waals surface area contributed by atoms with Crippen molar-refractivity contribution in [2.45, 2.75) is 19.4 Å². The summed E-state index contributed by atoms with van der Waals surface area (Å²) in [5, 5.41) is 12.7. The number of pyridine rings is 2. The highest BCUT2D eigenvalue weighted by atomic mass is 16.1. The molecule has 0 aliphatic rings. The predicted molar refractivity (Wildman–Crippen MR) is 110 cm³/mol. The Morgan fingerprint density at radius 2 is 2.03 bits per heavy atom. The van der Waals surface area contributed by atoms with Crippen molar-refractivity contribution >= 4 is 33.7 Å². The number of carbonyl (C=O) groups excluding carboxylic acids is 1. The lowest BCUT2D eigenvalue weighted by atomic mass is 10.2. The summed E-state index contributed by atoms with van der Waals surface area (Å²) in [5.41, 5.74) is 9.34. The number of nitrogen functional groups attached to an aromatic ring is 1. The summed E-state index contributed by atoms with van der Waals surface area (Å²) in [7, 11) is 0. The number of nitrogens with one attached hydrogen (secondary N) is 1. The number of nitriles is 1. The zero-order chi connectivity index (χ0) is 20.2. The van der Waals surface area contributed by atoms with Crippen molar-refractivity contribution in [1.29, 1.82) is 5.26 Å². The highest BCUT2D eigenvalue weighted by Crippen LogP contribution is 2.27. The Morgan fingerprint density at radius 1 is 1.17 bits per heavy atom. The molecular weight excluding hydrogens is 366 g/mol. The van der Waals surface area contributed by atoms with Gasteiger partial charge in [0.2, 0.25) is 0 Å². The van der Waals surface area contributed by atoms with Crippen LogP contribution in [0, 0.1) is 11.3 Å². The van der Waals surface area contributed by atoms with Gasteiger partial charge in [0, 0.05) is 24.7 Å². The third-order valence-corrected chi connectivity index (χ3v) is 4.73. The first-order chi connectivity index (χ1) is 14.2. The fraction of sp³-hybridized carbons (Fsp3) is 0.190. The molecular formula is C21H19N7O. The molecule has 1 aromatic carbocycles. The molecule has 1 amide bonds. The van der Waals surface area contributed by atoms with Crippen molar-refractivity contribution in [3.05, 3.63) is 60.2 Å². The highest BCUT2D eigenvalue weighted by molar-refractivity contribution is 6.06. The van der Waals surface area contributed by atoms with E-state index in [2.05, 4.69) is 24.8 Å². The van der Waals surface area contributed by atoms with Crippen LogP contribution in [0.15, 0.2) is 48.9 Å². The Bertz CT molecular complexity index is 1220. The molecule has 3 heterocycles. The number of aryl methyl sites for hydroxylation is 1. The standard InChI is InChI=1S/C21H19N7O/c22-11-15-8-7-14(12-25-15)21(29)24-9-3-4-10-28-13-26-18-19(28)16-5-1-2-6-17(16)27-20(18)23/h1-2,5-8,12-13H,3-4,9-10H2,(H2,23,27)(H,24,29). The van der Waals surface area contributed by atoms with Crippen molar-refractivity contribution in [2.24, 2.45) is 0 Å². The molecule has 8 heteroatoms. The van der Waals surface area contributed by atoms with Crippen LogP contribution in [0.4, 0.5) is 5.82 Å². The molecule has 0 bridgehead atoms. The van der Waals surface area contributed by atoms with Gasteiger partial charge in [-0.15, -0.1) is 0 Å². The minimum atomic E-state index is -0.195. The summed E-state index contributed by atoms with van der Waals surface area (Å²) in [4.78, 5) is 24.9. The molecule has 0 saturated carbocycles. The van der Waals surface area contributed by atoms with Crippen molar-refractivity contribution < 1.29 is 4.79 Å². The zero-order valence-corrected chi connectivity index (χ0v) is 15.7. The second kappa shape index (κ2) is 7.94. The summed E-state index contributed by atoms with van der Waals surface area (Å²) in [6.07, 6.45) is 4.88. The minimum Gasteiger partial charge on any atom is -0.382 e. The normalized spacial score (nSPS) is 10.9. The van der Waals surface area contributed by atoms with Gasteiger partial charge >= 0.3 is 0 Å². The van der Waals surface area contributed by atoms with Crippen LogP contribution >= 0.6 is 0 Å². The topological polar surface area (TPSA) is 123 Å². The average Bonchev–Trinajstić information content (AvgIpc) is 3.18. The van der Waals surface area contributed by atoms with E-state index < -0.39 is 0 Å². The first-order valence-electron chi connectivity index (χ1n) is 9.31. The maximum Gasteiger partial charge on any atom is 0.252 e. The van der Waals surface area contributed by atoms with E-state index in [1.54, 1.807) is 12.4 Å². The molecule has 8 nitrogen and oxygen atoms in total. The number of amides is 1. The number of nitrogens with two attached hydrogens (primary N) is 1. The number of benzene rings is 1. The summed E-state index contributed by atoms with van der Waals surface area (Å²) in [6.45, 7) is 1.31. The monoisotopic (exact) mass is 385 g/mol. The number of anilines is 1. The quantitative estimate of drug-likeness (QED) is 0.492. The smallest absolute Gasteiger partial charge is 0.252 e. The first kappa shape index (κ1) is 18.4. The largest absolute Gasteiger partial charge is 0.382 e. The van der Waals surface area contributed by atoms with Crippen LogP contribution in [0.2, 0.25) is 0 Å². The molecule has 3 N–H and O–H groups in total. The van der Waals surface area contributed by atoms with Gasteiger partial charge in [-0.2, -0.15) is 5.26 Å². The van der Waals surface area contributed by atoms with Crippen molar-refractivity contribution in [3.8, 4) is 6.07 Å². The number of nitrogens with zero attached hydrogens (tertiary/aromatic N) is 5. The third kappa shape index (κ3) is 3.71. The number of imidazole rings is 1. The van der Waals surface area contributed by atoms with Gasteiger partial charge in [-0.1, -0.05) is 18.2 Å². The fourth-order valence-corrected chi connectivity index (χ4v) is 3.28. The van der Waals surface area contributed by atoms with Gasteiger partial charge in [0.05, 0.1) is 22.9 Å². The maximum absolute atomic E-state index is 12.1. The number of unbranched alkanes of at least 4 members (excludes halogenated alkanes) is 1. The molecule has 0 unspecified atom stereocenters. The number of hydrogen-bond donors (Lipinski definition) is 2. The van der Waals surface area contributed by atoms with E-state index in [-0.39, 0.29) is 11.6 Å². The SMILES string of the molecule is N#Cc1ccc(C(=O)NCCCCn2cnc3c(N)nc4ccccc4c32)cn1. The van der Waals surface area contributed by atoms with Crippen molar-refractivity contribution in [3.63, 3.8) is 0 Å². The van der Waals surface area contributed by atoms with Gasteiger partial charge in [0.25, 0.3) is 5.91 Å². The summed E-state index contributed by atoms with van der Waals surface area (Å²) >= 11 is 0. The van der Waals surface area contributed by atoms with Gasteiger partial charge in [0.1, 0.15) is 17.3 Å². The Kier molecular flexibility index (Phi) is 5.03. The molecule has 29 heavy (non-hydrogen) atoms. The van der Waals surface area contributed by atoms with E-state index in [0.29, 0.717) is 23.4 Å². The van der Waals surface area contributed by atoms with Crippen molar-refractivity contribution in [2.75, 3.05) is 12.3 Å². The van der Waals surface area contributed by atoms with Gasteiger partial charge in [-0.05, 0) is 31.0 Å². The molecule has 144 valence electrons. The van der Waals surface area contributed by atoms with Gasteiger partial charge in [-0.25, -0.2) is 15.0 Å². The zero-order valence-electron chi connectivity index (χ0n) is 15.7. The number of hydrogen-bond acceptors (Lipinski definition) is 6. The lowest BCUT2D eigenvalue weighted by Gasteiger charge is -2.08. The third-order valence-electron chi connectivity index (χ3n) is 4.73. The highest BCUT2D eigenvalue weighted by Gasteiger charge is 2.12. The lowest BCUT2D eigenvalue weighted by Crippen LogP contribution is -2.24. The predicted octanol–water partition coefficient (Wildman–Crippen LogP) is 2.64. The number of fused-ring (bicyclic) bond motifs is 3. The summed E-state index contributed by atoms with van der Waals surface area (Å²) in [5.74, 6) is 0.237. The average molecular weight is 385 g/mol. The number of rotatable bonds is 6. The van der Waals surface area contributed by atoms with Crippen LogP contribution < -0.4 is 11.1 Å². The first-order valence-corrected chi connectivity index (χ1v) is 9.31.